The predicted octanol–water partition coefficient (Wildman–Crippen LogP) is 3.10. The monoisotopic (exact) mass is 456 g/mol. The van der Waals surface area contributed by atoms with E-state index in [0.717, 1.165) is 16.8 Å². The second-order valence-electron chi connectivity index (χ2n) is 7.76. The van der Waals surface area contributed by atoms with E-state index in [1.165, 1.54) is 16.0 Å². The number of aromatic nitrogens is 4. The number of benzene rings is 2. The van der Waals surface area contributed by atoms with E-state index in [0.29, 0.717) is 23.4 Å². The Labute approximate surface area is 194 Å². The summed E-state index contributed by atoms with van der Waals surface area (Å²) in [5, 5.41) is 16.8. The molecule has 0 saturated heterocycles. The Morgan fingerprint density at radius 3 is 2.56 bits per heavy atom. The second kappa shape index (κ2) is 9.10. The lowest BCUT2D eigenvalue weighted by molar-refractivity contribution is -0.136. The Bertz CT molecular complexity index is 1310. The van der Waals surface area contributed by atoms with E-state index in [1.54, 1.807) is 42.7 Å². The zero-order valence-corrected chi connectivity index (χ0v) is 18.2. The lowest BCUT2D eigenvalue weighted by Crippen LogP contribution is -2.31. The van der Waals surface area contributed by atoms with Crippen LogP contribution in [0, 0.1) is 6.92 Å². The fourth-order valence-corrected chi connectivity index (χ4v) is 3.67. The van der Waals surface area contributed by atoms with Gasteiger partial charge in [-0.3, -0.25) is 4.79 Å². The Balaban J connectivity index is 1.28. The minimum absolute atomic E-state index is 0.303. The maximum atomic E-state index is 13.0. The molecule has 0 aliphatic carbocycles. The van der Waals surface area contributed by atoms with Crippen LogP contribution in [0.1, 0.15) is 39.7 Å². The van der Waals surface area contributed by atoms with Crippen LogP contribution in [0.15, 0.2) is 82.8 Å². The van der Waals surface area contributed by atoms with Crippen LogP contribution in [0.3, 0.4) is 0 Å². The average Bonchev–Trinajstić information content (AvgIpc) is 3.64. The lowest BCUT2D eigenvalue weighted by Gasteiger charge is -2.19. The van der Waals surface area contributed by atoms with Crippen molar-refractivity contribution >= 4 is 17.6 Å². The zero-order valence-electron chi connectivity index (χ0n) is 18.2. The summed E-state index contributed by atoms with van der Waals surface area (Å²) in [6.45, 7) is 1.56. The molecule has 1 aliphatic heterocycles. The Kier molecular flexibility index (Phi) is 5.69. The van der Waals surface area contributed by atoms with Crippen LogP contribution < -0.4 is 0 Å². The van der Waals surface area contributed by atoms with Crippen molar-refractivity contribution in [1.29, 1.82) is 0 Å². The lowest BCUT2D eigenvalue weighted by atomic mass is 10.0. The van der Waals surface area contributed by atoms with Gasteiger partial charge >= 0.3 is 5.97 Å². The molecule has 10 heteroatoms. The molecule has 34 heavy (non-hydrogen) atoms. The highest BCUT2D eigenvalue weighted by Gasteiger charge is 2.35. The van der Waals surface area contributed by atoms with Crippen molar-refractivity contribution in [2.45, 2.75) is 19.4 Å². The van der Waals surface area contributed by atoms with Gasteiger partial charge in [-0.25, -0.2) is 14.5 Å². The molecule has 2 aromatic carbocycles. The van der Waals surface area contributed by atoms with Crippen molar-refractivity contribution in [3.05, 3.63) is 95.7 Å². The topological polar surface area (TPSA) is 116 Å². The summed E-state index contributed by atoms with van der Waals surface area (Å²) in [7, 11) is 0. The normalized spacial score (nSPS) is 15.3. The third kappa shape index (κ3) is 4.33. The van der Waals surface area contributed by atoms with Crippen LogP contribution in [-0.2, 0) is 9.53 Å². The van der Waals surface area contributed by atoms with Crippen LogP contribution in [0.25, 0.3) is 5.69 Å². The Morgan fingerprint density at radius 2 is 1.88 bits per heavy atom. The summed E-state index contributed by atoms with van der Waals surface area (Å²) in [5.74, 6) is -0.445. The SMILES string of the molecule is Cc1ccc(C2=NN(C(=O)COC(=O)c3ccc(-n4cnnn4)cc3)[C@@H](c3ccco3)C2)cc1. The smallest absolute Gasteiger partial charge is 0.338 e. The number of hydrazone groups is 1. The maximum absolute atomic E-state index is 13.0. The number of rotatable bonds is 6. The number of hydrogen-bond donors (Lipinski definition) is 0. The molecule has 5 rings (SSSR count). The number of amides is 1. The van der Waals surface area contributed by atoms with Crippen LogP contribution in [0.4, 0.5) is 0 Å². The molecular formula is C24H20N6O4. The van der Waals surface area contributed by atoms with Gasteiger partial charge in [-0.15, -0.1) is 5.10 Å². The first-order valence-corrected chi connectivity index (χ1v) is 10.6. The molecule has 3 heterocycles. The van der Waals surface area contributed by atoms with Gasteiger partial charge < -0.3 is 9.15 Å². The summed E-state index contributed by atoms with van der Waals surface area (Å²) < 4.78 is 12.3. The third-order valence-electron chi connectivity index (χ3n) is 5.47. The molecule has 1 aliphatic rings. The van der Waals surface area contributed by atoms with Gasteiger partial charge in [-0.1, -0.05) is 29.8 Å². The predicted molar refractivity (Wildman–Crippen MR) is 120 cm³/mol. The van der Waals surface area contributed by atoms with Gasteiger partial charge in [0.05, 0.1) is 23.2 Å². The van der Waals surface area contributed by atoms with E-state index in [-0.39, 0.29) is 0 Å². The molecule has 0 radical (unpaired) electrons. The number of tetrazole rings is 1. The Morgan fingerprint density at radius 1 is 1.09 bits per heavy atom. The van der Waals surface area contributed by atoms with Gasteiger partial charge in [0.1, 0.15) is 18.1 Å². The van der Waals surface area contributed by atoms with Crippen LogP contribution in [-0.4, -0.2) is 49.4 Å². The highest BCUT2D eigenvalue weighted by Crippen LogP contribution is 2.33. The summed E-state index contributed by atoms with van der Waals surface area (Å²) >= 11 is 0. The first-order chi connectivity index (χ1) is 16.6. The van der Waals surface area contributed by atoms with Crippen LogP contribution in [0.2, 0.25) is 0 Å². The van der Waals surface area contributed by atoms with Gasteiger partial charge in [-0.2, -0.15) is 5.10 Å². The zero-order chi connectivity index (χ0) is 23.5. The first kappa shape index (κ1) is 21.3. The van der Waals surface area contributed by atoms with Crippen molar-refractivity contribution in [2.24, 2.45) is 5.10 Å². The summed E-state index contributed by atoms with van der Waals surface area (Å²) in [4.78, 5) is 25.5. The van der Waals surface area contributed by atoms with Gasteiger partial charge in [0.15, 0.2) is 6.61 Å². The fraction of sp³-hybridized carbons (Fsp3) is 0.167. The number of ether oxygens (including phenoxy) is 1. The van der Waals surface area contributed by atoms with Gasteiger partial charge in [0, 0.05) is 6.42 Å². The molecule has 1 amide bonds. The van der Waals surface area contributed by atoms with E-state index in [2.05, 4.69) is 20.6 Å². The number of esters is 1. The number of nitrogens with zero attached hydrogens (tertiary/aromatic N) is 6. The molecule has 2 aromatic heterocycles. The molecule has 0 saturated carbocycles. The standard InChI is InChI=1S/C24H20N6O4/c1-16-4-6-17(7-5-16)20-13-21(22-3-2-12-33-22)30(26-20)23(31)14-34-24(32)18-8-10-19(11-9-18)29-15-25-27-28-29/h2-12,15,21H,13-14H2,1H3/t21-/m1/s1. The number of aryl methyl sites for hydroxylation is 1. The molecule has 0 bridgehead atoms. The summed E-state index contributed by atoms with van der Waals surface area (Å²) in [6.07, 6.45) is 3.50. The molecule has 0 fully saturated rings. The van der Waals surface area contributed by atoms with Crippen molar-refractivity contribution in [3.63, 3.8) is 0 Å². The summed E-state index contributed by atoms with van der Waals surface area (Å²) in [6, 6.07) is 17.6. The van der Waals surface area contributed by atoms with Crippen LogP contribution in [0.5, 0.6) is 0 Å². The highest BCUT2D eigenvalue weighted by atomic mass is 16.5. The van der Waals surface area contributed by atoms with E-state index >= 15 is 0 Å². The van der Waals surface area contributed by atoms with E-state index in [1.807, 2.05) is 31.2 Å². The minimum Gasteiger partial charge on any atom is -0.467 e. The molecule has 0 unspecified atom stereocenters. The molecule has 0 N–H and O–H groups in total. The number of carbonyl (C=O) groups is 2. The largest absolute Gasteiger partial charge is 0.467 e. The van der Waals surface area contributed by atoms with Gasteiger partial charge in [0.25, 0.3) is 5.91 Å². The van der Waals surface area contributed by atoms with E-state index in [4.69, 9.17) is 9.15 Å². The average molecular weight is 456 g/mol. The summed E-state index contributed by atoms with van der Waals surface area (Å²) in [5.41, 5.74) is 3.82. The second-order valence-corrected chi connectivity index (χ2v) is 7.76. The Hall–Kier alpha value is -4.60. The highest BCUT2D eigenvalue weighted by molar-refractivity contribution is 6.03. The van der Waals surface area contributed by atoms with Gasteiger partial charge in [-0.05, 0) is 59.3 Å². The van der Waals surface area contributed by atoms with E-state index in [9.17, 15) is 9.59 Å². The van der Waals surface area contributed by atoms with E-state index < -0.39 is 24.5 Å². The number of furan rings is 1. The van der Waals surface area contributed by atoms with Crippen molar-refractivity contribution in [2.75, 3.05) is 6.61 Å². The van der Waals surface area contributed by atoms with Crippen LogP contribution >= 0.6 is 0 Å². The third-order valence-corrected chi connectivity index (χ3v) is 5.47. The molecule has 1 atom stereocenters. The van der Waals surface area contributed by atoms with Crippen molar-refractivity contribution < 1.29 is 18.7 Å². The molecule has 170 valence electrons. The fourth-order valence-electron chi connectivity index (χ4n) is 3.67. The van der Waals surface area contributed by atoms with Crippen molar-refractivity contribution in [1.82, 2.24) is 25.2 Å². The quantitative estimate of drug-likeness (QED) is 0.409. The molecule has 10 nitrogen and oxygen atoms in total. The molecule has 0 spiro atoms. The number of carbonyl (C=O) groups excluding carboxylic acids is 2. The molecular weight excluding hydrogens is 436 g/mol. The van der Waals surface area contributed by atoms with Gasteiger partial charge in [0.2, 0.25) is 0 Å². The number of hydrogen-bond acceptors (Lipinski definition) is 8. The minimum atomic E-state index is -0.618. The molecule has 4 aromatic rings. The first-order valence-electron chi connectivity index (χ1n) is 10.6. The maximum Gasteiger partial charge on any atom is 0.338 e. The van der Waals surface area contributed by atoms with Crippen molar-refractivity contribution in [3.8, 4) is 5.69 Å².